The van der Waals surface area contributed by atoms with Crippen LogP contribution in [0, 0.1) is 11.8 Å². The van der Waals surface area contributed by atoms with E-state index in [1.807, 2.05) is 0 Å². The molecule has 7 heteroatoms. The van der Waals surface area contributed by atoms with Gasteiger partial charge in [0.05, 0.1) is 0 Å². The van der Waals surface area contributed by atoms with E-state index in [-0.39, 0.29) is 4.57 Å². The summed E-state index contributed by atoms with van der Waals surface area (Å²) < 4.78 is 36.9. The molecule has 0 saturated carbocycles. The van der Waals surface area contributed by atoms with Crippen molar-refractivity contribution in [2.45, 2.75) is 0 Å². The molecule has 12 heavy (non-hydrogen) atoms. The maximum absolute atomic E-state index is 12.3. The van der Waals surface area contributed by atoms with Crippen molar-refractivity contribution < 1.29 is 13.3 Å². The van der Waals surface area contributed by atoms with Gasteiger partial charge in [-0.1, -0.05) is 9.27 Å². The van der Waals surface area contributed by atoms with Crippen LogP contribution in [0.5, 0.6) is 0 Å². The molecule has 0 fully saturated rings. The first-order chi connectivity index (χ1) is 5.46. The molecule has 0 amide bonds. The van der Waals surface area contributed by atoms with E-state index in [0.717, 1.165) is 7.05 Å². The van der Waals surface area contributed by atoms with Gasteiger partial charge in [0.1, 0.15) is 0 Å². The molecule has 0 aliphatic heterocycles. The Balaban J connectivity index is 3.86. The molecule has 0 unspecified atom stereocenters. The molecule has 0 aliphatic carbocycles. The van der Waals surface area contributed by atoms with Crippen molar-refractivity contribution in [1.82, 2.24) is 9.36 Å². The van der Waals surface area contributed by atoms with E-state index in [1.165, 1.54) is 0 Å². The van der Waals surface area contributed by atoms with Gasteiger partial charge >= 0.3 is 5.69 Å². The monoisotopic (exact) mass is 180 g/mol. The van der Waals surface area contributed by atoms with Crippen LogP contribution in [0.25, 0.3) is 0 Å². The Hall–Kier alpha value is -1.53. The van der Waals surface area contributed by atoms with Crippen LogP contribution < -0.4 is 11.2 Å². The summed E-state index contributed by atoms with van der Waals surface area (Å²) in [6.45, 7) is 0. The first-order valence-electron chi connectivity index (χ1n) is 2.80. The molecule has 1 aromatic heterocycles. The van der Waals surface area contributed by atoms with Crippen molar-refractivity contribution >= 4 is 0 Å². The van der Waals surface area contributed by atoms with Gasteiger partial charge < -0.3 is 0 Å². The summed E-state index contributed by atoms with van der Waals surface area (Å²) in [4.78, 5) is 20.0. The van der Waals surface area contributed by atoms with E-state index in [0.29, 0.717) is 0 Å². The maximum Gasteiger partial charge on any atom is 0.361 e. The molecule has 0 spiro atoms. The fourth-order valence-electron chi connectivity index (χ4n) is 0.624. The molecule has 66 valence electrons. The second-order valence-corrected chi connectivity index (χ2v) is 2.03. The van der Waals surface area contributed by atoms with Crippen LogP contribution in [0.2, 0.25) is 0 Å². The molecular formula is C5H3F3N2O2. The molecule has 0 atom stereocenters. The Morgan fingerprint density at radius 3 is 2.25 bits per heavy atom. The highest BCUT2D eigenvalue weighted by molar-refractivity contribution is 4.90. The Bertz CT molecular complexity index is 396. The van der Waals surface area contributed by atoms with Crippen molar-refractivity contribution in [2.24, 2.45) is 7.05 Å². The van der Waals surface area contributed by atoms with Gasteiger partial charge in [-0.05, 0) is 0 Å². The lowest BCUT2D eigenvalue weighted by Gasteiger charge is -1.98. The zero-order chi connectivity index (χ0) is 9.46. The summed E-state index contributed by atoms with van der Waals surface area (Å²) in [5.74, 6) is -4.03. The molecule has 0 aromatic carbocycles. The number of hydrogen-bond donors (Lipinski definition) is 0. The van der Waals surface area contributed by atoms with Crippen LogP contribution in [-0.4, -0.2) is 9.36 Å². The van der Waals surface area contributed by atoms with Crippen molar-refractivity contribution in [3.63, 3.8) is 0 Å². The van der Waals surface area contributed by atoms with Gasteiger partial charge in [0, 0.05) is 7.05 Å². The van der Waals surface area contributed by atoms with E-state index in [4.69, 9.17) is 0 Å². The fourth-order valence-corrected chi connectivity index (χ4v) is 0.624. The lowest BCUT2D eigenvalue weighted by atomic mass is 10.6. The number of hydrogen-bond acceptors (Lipinski definition) is 2. The third kappa shape index (κ3) is 0.936. The topological polar surface area (TPSA) is 44.0 Å². The van der Waals surface area contributed by atoms with Gasteiger partial charge in [-0.15, -0.1) is 0 Å². The van der Waals surface area contributed by atoms with Crippen LogP contribution in [0.15, 0.2) is 9.59 Å². The van der Waals surface area contributed by atoms with Crippen LogP contribution in [0.4, 0.5) is 13.3 Å². The summed E-state index contributed by atoms with van der Waals surface area (Å²) in [6.07, 6.45) is 0. The molecule has 1 aromatic rings. The predicted octanol–water partition coefficient (Wildman–Crippen LogP) is -0.442. The average Bonchev–Trinajstić information content (AvgIpc) is 2.08. The van der Waals surface area contributed by atoms with Crippen molar-refractivity contribution in [3.8, 4) is 0 Å². The minimum Gasteiger partial charge on any atom is -0.266 e. The zero-order valence-corrected chi connectivity index (χ0v) is 5.84. The van der Waals surface area contributed by atoms with Gasteiger partial charge in [0.25, 0.3) is 11.5 Å². The smallest absolute Gasteiger partial charge is 0.266 e. The molecule has 1 heterocycles. The second-order valence-electron chi connectivity index (χ2n) is 2.03. The summed E-state index contributed by atoms with van der Waals surface area (Å²) in [7, 11) is 0.837. The molecule has 0 saturated heterocycles. The van der Waals surface area contributed by atoms with E-state index >= 15 is 0 Å². The first kappa shape index (κ1) is 8.57. The minimum absolute atomic E-state index is 0.123. The van der Waals surface area contributed by atoms with Crippen molar-refractivity contribution in [2.75, 3.05) is 0 Å². The molecular weight excluding hydrogens is 177 g/mol. The Morgan fingerprint density at radius 1 is 1.25 bits per heavy atom. The van der Waals surface area contributed by atoms with Gasteiger partial charge in [0.2, 0.25) is 5.82 Å². The molecule has 0 radical (unpaired) electrons. The Labute approximate surface area is 63.4 Å². The van der Waals surface area contributed by atoms with E-state index in [2.05, 4.69) is 0 Å². The molecule has 0 aliphatic rings. The van der Waals surface area contributed by atoms with E-state index in [1.54, 1.807) is 0 Å². The fraction of sp³-hybridized carbons (Fsp3) is 0.200. The normalized spacial score (nSPS) is 10.3. The van der Waals surface area contributed by atoms with Crippen LogP contribution in [-0.2, 0) is 7.05 Å². The van der Waals surface area contributed by atoms with E-state index < -0.39 is 27.8 Å². The highest BCUT2D eigenvalue weighted by Gasteiger charge is 2.16. The number of aromatic nitrogens is 2. The third-order valence-corrected chi connectivity index (χ3v) is 1.30. The lowest BCUT2D eigenvalue weighted by molar-refractivity contribution is 0.242. The summed E-state index contributed by atoms with van der Waals surface area (Å²) >= 11 is 0. The van der Waals surface area contributed by atoms with Crippen LogP contribution in [0.1, 0.15) is 0 Å². The highest BCUT2D eigenvalue weighted by Crippen LogP contribution is 1.95. The van der Waals surface area contributed by atoms with Crippen molar-refractivity contribution in [3.05, 3.63) is 32.6 Å². The standard InChI is InChI=1S/C5H3F3N2O2/c1-9-4(11)2(6)3(7)10(8)5(9)12/h1H3. The third-order valence-electron chi connectivity index (χ3n) is 1.30. The van der Waals surface area contributed by atoms with Crippen LogP contribution >= 0.6 is 0 Å². The van der Waals surface area contributed by atoms with Crippen LogP contribution in [0.3, 0.4) is 0 Å². The summed E-state index contributed by atoms with van der Waals surface area (Å²) in [5, 5.41) is 0. The van der Waals surface area contributed by atoms with Crippen molar-refractivity contribution in [1.29, 1.82) is 0 Å². The number of nitrogens with zero attached hydrogens (tertiary/aromatic N) is 2. The SMILES string of the molecule is Cn1c(=O)c(F)c(F)n(F)c1=O. The number of rotatable bonds is 0. The lowest BCUT2D eigenvalue weighted by Crippen LogP contribution is -2.39. The largest absolute Gasteiger partial charge is 0.361 e. The first-order valence-corrected chi connectivity index (χ1v) is 2.80. The summed E-state index contributed by atoms with van der Waals surface area (Å²) in [5.41, 5.74) is -3.05. The second kappa shape index (κ2) is 2.50. The van der Waals surface area contributed by atoms with Gasteiger partial charge in [0.15, 0.2) is 0 Å². The highest BCUT2D eigenvalue weighted by atomic mass is 19.2. The number of halogens is 3. The van der Waals surface area contributed by atoms with E-state index in [9.17, 15) is 22.9 Å². The van der Waals surface area contributed by atoms with Gasteiger partial charge in [-0.25, -0.2) is 4.79 Å². The summed E-state index contributed by atoms with van der Waals surface area (Å²) in [6, 6.07) is 0. The van der Waals surface area contributed by atoms with Gasteiger partial charge in [-0.3, -0.25) is 9.36 Å². The zero-order valence-electron chi connectivity index (χ0n) is 5.84. The molecule has 4 nitrogen and oxygen atoms in total. The minimum atomic E-state index is -2.11. The maximum atomic E-state index is 12.3. The average molecular weight is 180 g/mol. The Kier molecular flexibility index (Phi) is 1.79. The molecule has 0 N–H and O–H groups in total. The predicted molar refractivity (Wildman–Crippen MR) is 32.4 cm³/mol. The Morgan fingerprint density at radius 2 is 1.75 bits per heavy atom. The molecule has 0 bridgehead atoms. The molecule has 1 rings (SSSR count). The quantitative estimate of drug-likeness (QED) is 0.508. The van der Waals surface area contributed by atoms with Gasteiger partial charge in [-0.2, -0.15) is 8.78 Å².